The molecule has 10 heteroatoms. The molecule has 3 rings (SSSR count). The second-order valence-corrected chi connectivity index (χ2v) is 8.24. The molecule has 1 aliphatic rings. The molecule has 1 saturated heterocycles. The highest BCUT2D eigenvalue weighted by atomic mass is 35.5. The molecule has 0 atom stereocenters. The Morgan fingerprint density at radius 2 is 1.93 bits per heavy atom. The van der Waals surface area contributed by atoms with Gasteiger partial charge in [-0.25, -0.2) is 0 Å². The second-order valence-electron chi connectivity index (χ2n) is 7.05. The number of piperidine rings is 1. The molecule has 2 heterocycles. The van der Waals surface area contributed by atoms with Crippen LogP contribution >= 0.6 is 23.1 Å². The van der Waals surface area contributed by atoms with Crippen molar-refractivity contribution >= 4 is 46.5 Å². The van der Waals surface area contributed by atoms with Gasteiger partial charge in [0.15, 0.2) is 0 Å². The topological polar surface area (TPSA) is 104 Å². The number of nitrogens with one attached hydrogen (secondary N) is 2. The van der Waals surface area contributed by atoms with Crippen LogP contribution in [0, 0.1) is 19.8 Å². The van der Waals surface area contributed by atoms with Gasteiger partial charge in [0.05, 0.1) is 5.69 Å². The Balaban J connectivity index is 1.44. The SMILES string of the molecule is Cc1ccc(Cl)cc1NC(=O)C(=O)NCC1CCN(C(=O)c2snnc2C)CC1. The van der Waals surface area contributed by atoms with Crippen molar-refractivity contribution in [3.63, 3.8) is 0 Å². The molecule has 8 nitrogen and oxygen atoms in total. The lowest BCUT2D eigenvalue weighted by molar-refractivity contribution is -0.136. The van der Waals surface area contributed by atoms with E-state index in [1.165, 1.54) is 0 Å². The zero-order valence-corrected chi connectivity index (χ0v) is 17.8. The maximum Gasteiger partial charge on any atom is 0.313 e. The number of hydrogen-bond acceptors (Lipinski definition) is 6. The number of benzene rings is 1. The quantitative estimate of drug-likeness (QED) is 0.717. The van der Waals surface area contributed by atoms with Gasteiger partial charge < -0.3 is 15.5 Å². The molecule has 0 unspecified atom stereocenters. The molecular weight excluding hydrogens is 414 g/mol. The summed E-state index contributed by atoms with van der Waals surface area (Å²) in [5.74, 6) is -1.24. The molecule has 2 N–H and O–H groups in total. The standard InChI is InChI=1S/C19H22ClN5O3S/c1-11-3-4-14(20)9-15(11)22-18(27)17(26)21-10-13-5-7-25(8-6-13)19(28)16-12(2)23-24-29-16/h3-4,9,13H,5-8,10H2,1-2H3,(H,21,26)(H,22,27). The molecule has 0 aliphatic carbocycles. The minimum atomic E-state index is -0.726. The fraction of sp³-hybridized carbons (Fsp3) is 0.421. The predicted octanol–water partition coefficient (Wildman–Crippen LogP) is 2.42. The highest BCUT2D eigenvalue weighted by Crippen LogP contribution is 2.21. The van der Waals surface area contributed by atoms with E-state index >= 15 is 0 Å². The number of amides is 3. The van der Waals surface area contributed by atoms with Gasteiger partial charge in [0.1, 0.15) is 4.88 Å². The molecule has 2 aromatic rings. The summed E-state index contributed by atoms with van der Waals surface area (Å²) in [6.45, 7) is 5.19. The molecule has 0 bridgehead atoms. The molecule has 1 aliphatic heterocycles. The zero-order valence-electron chi connectivity index (χ0n) is 16.2. The molecule has 29 heavy (non-hydrogen) atoms. The number of hydrogen-bond donors (Lipinski definition) is 2. The minimum absolute atomic E-state index is 0.0451. The number of likely N-dealkylation sites (tertiary alicyclic amines) is 1. The normalized spacial score (nSPS) is 14.5. The van der Waals surface area contributed by atoms with Crippen LogP contribution in [0.25, 0.3) is 0 Å². The third-order valence-electron chi connectivity index (χ3n) is 4.95. The van der Waals surface area contributed by atoms with E-state index in [0.29, 0.717) is 40.9 Å². The highest BCUT2D eigenvalue weighted by Gasteiger charge is 2.26. The largest absolute Gasteiger partial charge is 0.348 e. The van der Waals surface area contributed by atoms with E-state index in [4.69, 9.17) is 11.6 Å². The fourth-order valence-electron chi connectivity index (χ4n) is 3.14. The Labute approximate surface area is 177 Å². The first kappa shape index (κ1) is 21.2. The van der Waals surface area contributed by atoms with E-state index in [-0.39, 0.29) is 11.8 Å². The van der Waals surface area contributed by atoms with Crippen LogP contribution in [0.3, 0.4) is 0 Å². The third kappa shape index (κ3) is 5.30. The summed E-state index contributed by atoms with van der Waals surface area (Å²) in [6.07, 6.45) is 1.51. The summed E-state index contributed by atoms with van der Waals surface area (Å²) in [7, 11) is 0. The van der Waals surface area contributed by atoms with Crippen molar-refractivity contribution in [1.82, 2.24) is 19.8 Å². The number of rotatable bonds is 4. The van der Waals surface area contributed by atoms with Gasteiger partial charge in [-0.1, -0.05) is 22.2 Å². The van der Waals surface area contributed by atoms with Gasteiger partial charge in [0, 0.05) is 30.3 Å². The number of nitrogens with zero attached hydrogens (tertiary/aromatic N) is 3. The van der Waals surface area contributed by atoms with Crippen LogP contribution in [0.15, 0.2) is 18.2 Å². The monoisotopic (exact) mass is 435 g/mol. The van der Waals surface area contributed by atoms with E-state index in [9.17, 15) is 14.4 Å². The third-order valence-corrected chi connectivity index (χ3v) is 6.00. The predicted molar refractivity (Wildman–Crippen MR) is 111 cm³/mol. The lowest BCUT2D eigenvalue weighted by Gasteiger charge is -2.31. The van der Waals surface area contributed by atoms with Crippen molar-refractivity contribution in [2.24, 2.45) is 5.92 Å². The van der Waals surface area contributed by atoms with E-state index < -0.39 is 11.8 Å². The van der Waals surface area contributed by atoms with E-state index in [2.05, 4.69) is 20.2 Å². The van der Waals surface area contributed by atoms with Crippen molar-refractivity contribution in [3.8, 4) is 0 Å². The van der Waals surface area contributed by atoms with Gasteiger partial charge >= 0.3 is 11.8 Å². The Hall–Kier alpha value is -2.52. The molecule has 1 aromatic heterocycles. The molecule has 154 valence electrons. The molecule has 0 saturated carbocycles. The lowest BCUT2D eigenvalue weighted by Crippen LogP contribution is -2.43. The molecule has 1 aromatic carbocycles. The lowest BCUT2D eigenvalue weighted by atomic mass is 9.96. The Morgan fingerprint density at radius 1 is 1.21 bits per heavy atom. The van der Waals surface area contributed by atoms with Crippen LogP contribution in [0.4, 0.5) is 5.69 Å². The molecular formula is C19H22ClN5O3S. The van der Waals surface area contributed by atoms with E-state index in [0.717, 1.165) is 29.9 Å². The van der Waals surface area contributed by atoms with Gasteiger partial charge in [-0.3, -0.25) is 14.4 Å². The van der Waals surface area contributed by atoms with Gasteiger partial charge in [-0.2, -0.15) is 0 Å². The average Bonchev–Trinajstić information content (AvgIpc) is 3.14. The maximum absolute atomic E-state index is 12.5. The van der Waals surface area contributed by atoms with Crippen molar-refractivity contribution in [2.45, 2.75) is 26.7 Å². The van der Waals surface area contributed by atoms with Crippen LogP contribution in [0.2, 0.25) is 5.02 Å². The van der Waals surface area contributed by atoms with Gasteiger partial charge in [-0.15, -0.1) is 5.10 Å². The summed E-state index contributed by atoms with van der Waals surface area (Å²) in [4.78, 5) is 39.1. The Kier molecular flexibility index (Phi) is 6.81. The summed E-state index contributed by atoms with van der Waals surface area (Å²) in [5.41, 5.74) is 1.98. The number of aryl methyl sites for hydroxylation is 2. The molecule has 3 amide bonds. The molecule has 0 spiro atoms. The zero-order chi connectivity index (χ0) is 21.0. The summed E-state index contributed by atoms with van der Waals surface area (Å²) in [6, 6.07) is 5.10. The smallest absolute Gasteiger partial charge is 0.313 e. The van der Waals surface area contributed by atoms with E-state index in [1.54, 1.807) is 30.0 Å². The van der Waals surface area contributed by atoms with Crippen molar-refractivity contribution in [1.29, 1.82) is 0 Å². The fourth-order valence-corrected chi connectivity index (χ4v) is 3.93. The summed E-state index contributed by atoms with van der Waals surface area (Å²) >= 11 is 7.04. The van der Waals surface area contributed by atoms with Gasteiger partial charge in [-0.05, 0) is 61.8 Å². The first-order chi connectivity index (χ1) is 13.8. The molecule has 1 fully saturated rings. The highest BCUT2D eigenvalue weighted by molar-refractivity contribution is 7.07. The second kappa shape index (κ2) is 9.32. The average molecular weight is 436 g/mol. The van der Waals surface area contributed by atoms with Crippen LogP contribution in [-0.2, 0) is 9.59 Å². The Bertz CT molecular complexity index is 924. The van der Waals surface area contributed by atoms with Crippen molar-refractivity contribution in [3.05, 3.63) is 39.4 Å². The molecule has 0 radical (unpaired) electrons. The van der Waals surface area contributed by atoms with Gasteiger partial charge in [0.2, 0.25) is 0 Å². The van der Waals surface area contributed by atoms with Crippen LogP contribution in [-0.4, -0.2) is 51.8 Å². The number of carbonyl (C=O) groups excluding carboxylic acids is 3. The Morgan fingerprint density at radius 3 is 2.59 bits per heavy atom. The maximum atomic E-state index is 12.5. The summed E-state index contributed by atoms with van der Waals surface area (Å²) < 4.78 is 3.81. The first-order valence-electron chi connectivity index (χ1n) is 9.28. The van der Waals surface area contributed by atoms with Crippen LogP contribution in [0.5, 0.6) is 0 Å². The summed E-state index contributed by atoms with van der Waals surface area (Å²) in [5, 5.41) is 9.63. The number of carbonyl (C=O) groups is 3. The first-order valence-corrected chi connectivity index (χ1v) is 10.4. The van der Waals surface area contributed by atoms with Crippen LogP contribution in [0.1, 0.15) is 33.8 Å². The number of halogens is 1. The van der Waals surface area contributed by atoms with Crippen molar-refractivity contribution in [2.75, 3.05) is 25.0 Å². The minimum Gasteiger partial charge on any atom is -0.348 e. The van der Waals surface area contributed by atoms with E-state index in [1.807, 2.05) is 6.92 Å². The number of aromatic nitrogens is 2. The van der Waals surface area contributed by atoms with Crippen LogP contribution < -0.4 is 10.6 Å². The number of anilines is 1. The van der Waals surface area contributed by atoms with Crippen molar-refractivity contribution < 1.29 is 14.4 Å². The van der Waals surface area contributed by atoms with Gasteiger partial charge in [0.25, 0.3) is 5.91 Å².